The summed E-state index contributed by atoms with van der Waals surface area (Å²) < 4.78 is 85.0. The molecule has 170 valence electrons. The predicted molar refractivity (Wildman–Crippen MR) is 106 cm³/mol. The lowest BCUT2D eigenvalue weighted by atomic mass is 10.1. The summed E-state index contributed by atoms with van der Waals surface area (Å²) in [6, 6.07) is 4.96. The van der Waals surface area contributed by atoms with Crippen molar-refractivity contribution in [3.63, 3.8) is 0 Å². The molecule has 3 heterocycles. The second kappa shape index (κ2) is 8.00. The van der Waals surface area contributed by atoms with Crippen LogP contribution >= 0.6 is 11.5 Å². The van der Waals surface area contributed by atoms with Gasteiger partial charge < -0.3 is 5.32 Å². The van der Waals surface area contributed by atoms with Crippen molar-refractivity contribution >= 4 is 27.4 Å². The summed E-state index contributed by atoms with van der Waals surface area (Å²) >= 11 is 0.607. The van der Waals surface area contributed by atoms with E-state index in [2.05, 4.69) is 24.8 Å². The maximum atomic E-state index is 13.4. The number of hydrogen-bond acceptors (Lipinski definition) is 7. The number of nitrogens with zero attached hydrogens (tertiary/aromatic N) is 6. The SMILES string of the molecule is C[C@H](Nc1snc2c(C(F)(F)F)cc(C(F)(F)F)cc12)c1ncnn1-c1ccc(C#N)cn1. The third kappa shape index (κ3) is 4.31. The van der Waals surface area contributed by atoms with Crippen LogP contribution in [0.2, 0.25) is 0 Å². The van der Waals surface area contributed by atoms with E-state index in [1.807, 2.05) is 6.07 Å². The van der Waals surface area contributed by atoms with Crippen LogP contribution in [0.25, 0.3) is 16.7 Å². The normalized spacial score (nSPS) is 13.2. The number of benzene rings is 1. The molecule has 0 spiro atoms. The minimum absolute atomic E-state index is 0.0106. The molecule has 1 aromatic carbocycles. The summed E-state index contributed by atoms with van der Waals surface area (Å²) in [6.45, 7) is 1.61. The van der Waals surface area contributed by atoms with Crippen LogP contribution in [0.5, 0.6) is 0 Å². The third-order valence-electron chi connectivity index (χ3n) is 4.62. The van der Waals surface area contributed by atoms with Gasteiger partial charge in [-0.2, -0.15) is 45.8 Å². The van der Waals surface area contributed by atoms with Crippen LogP contribution in [0.15, 0.2) is 36.8 Å². The highest BCUT2D eigenvalue weighted by Crippen LogP contribution is 2.43. The Labute approximate surface area is 185 Å². The molecule has 4 rings (SSSR count). The predicted octanol–water partition coefficient (Wildman–Crippen LogP) is 5.35. The molecular weight excluding hydrogens is 472 g/mol. The van der Waals surface area contributed by atoms with E-state index in [0.717, 1.165) is 0 Å². The van der Waals surface area contributed by atoms with E-state index in [-0.39, 0.29) is 22.3 Å². The van der Waals surface area contributed by atoms with Crippen molar-refractivity contribution in [2.45, 2.75) is 25.3 Å². The van der Waals surface area contributed by atoms with Gasteiger partial charge in [-0.25, -0.2) is 9.97 Å². The van der Waals surface area contributed by atoms with Gasteiger partial charge in [0.2, 0.25) is 0 Å². The van der Waals surface area contributed by atoms with Crippen LogP contribution in [0.3, 0.4) is 0 Å². The molecule has 0 saturated carbocycles. The molecule has 33 heavy (non-hydrogen) atoms. The molecule has 4 aromatic rings. The summed E-state index contributed by atoms with van der Waals surface area (Å²) in [5.74, 6) is 0.611. The molecule has 1 N–H and O–H groups in total. The Morgan fingerprint density at radius 1 is 1.09 bits per heavy atom. The van der Waals surface area contributed by atoms with E-state index >= 15 is 0 Å². The molecule has 0 fully saturated rings. The van der Waals surface area contributed by atoms with Gasteiger partial charge in [0.15, 0.2) is 11.6 Å². The highest BCUT2D eigenvalue weighted by Gasteiger charge is 2.39. The first kappa shape index (κ1) is 22.5. The molecule has 0 aliphatic rings. The monoisotopic (exact) mass is 483 g/mol. The first-order valence-electron chi connectivity index (χ1n) is 9.10. The summed E-state index contributed by atoms with van der Waals surface area (Å²) in [7, 11) is 0. The lowest BCUT2D eigenvalue weighted by Gasteiger charge is -2.15. The zero-order valence-electron chi connectivity index (χ0n) is 16.4. The fourth-order valence-electron chi connectivity index (χ4n) is 3.09. The zero-order chi connectivity index (χ0) is 24.0. The number of rotatable bonds is 4. The minimum atomic E-state index is -5.02. The van der Waals surface area contributed by atoms with Gasteiger partial charge in [-0.15, -0.1) is 0 Å². The summed E-state index contributed by atoms with van der Waals surface area (Å²) in [6.07, 6.45) is -7.44. The number of nitriles is 1. The number of nitrogens with one attached hydrogen (secondary N) is 1. The number of anilines is 1. The molecule has 0 aliphatic carbocycles. The average molecular weight is 483 g/mol. The maximum Gasteiger partial charge on any atom is 0.418 e. The molecule has 3 aromatic heterocycles. The largest absolute Gasteiger partial charge is 0.418 e. The molecule has 7 nitrogen and oxygen atoms in total. The number of pyridine rings is 1. The van der Waals surface area contributed by atoms with E-state index in [9.17, 15) is 26.3 Å². The van der Waals surface area contributed by atoms with Crippen molar-refractivity contribution in [3.8, 4) is 11.9 Å². The summed E-state index contributed by atoms with van der Waals surface area (Å²) in [5.41, 5.74) is -3.15. The van der Waals surface area contributed by atoms with E-state index in [4.69, 9.17) is 5.26 Å². The fraction of sp³-hybridized carbons (Fsp3) is 0.211. The zero-order valence-corrected chi connectivity index (χ0v) is 17.2. The molecule has 0 bridgehead atoms. The van der Waals surface area contributed by atoms with Gasteiger partial charge in [0.25, 0.3) is 0 Å². The first-order valence-corrected chi connectivity index (χ1v) is 9.87. The lowest BCUT2D eigenvalue weighted by molar-refractivity contribution is -0.142. The van der Waals surface area contributed by atoms with Gasteiger partial charge in [-0.1, -0.05) is 0 Å². The van der Waals surface area contributed by atoms with E-state index in [0.29, 0.717) is 29.0 Å². The molecule has 0 saturated heterocycles. The van der Waals surface area contributed by atoms with Crippen molar-refractivity contribution < 1.29 is 26.3 Å². The highest BCUT2D eigenvalue weighted by molar-refractivity contribution is 7.11. The Morgan fingerprint density at radius 2 is 1.85 bits per heavy atom. The summed E-state index contributed by atoms with van der Waals surface area (Å²) in [5, 5.41) is 15.5. The molecule has 0 radical (unpaired) electrons. The van der Waals surface area contributed by atoms with Gasteiger partial charge in [0.1, 0.15) is 17.4 Å². The Hall–Kier alpha value is -3.73. The number of alkyl halides is 6. The number of hydrogen-bond donors (Lipinski definition) is 1. The summed E-state index contributed by atoms with van der Waals surface area (Å²) in [4.78, 5) is 8.23. The quantitative estimate of drug-likeness (QED) is 0.393. The van der Waals surface area contributed by atoms with E-state index < -0.39 is 35.0 Å². The number of fused-ring (bicyclic) bond motifs is 1. The van der Waals surface area contributed by atoms with Gasteiger partial charge in [0, 0.05) is 11.6 Å². The fourth-order valence-corrected chi connectivity index (χ4v) is 3.95. The Bertz CT molecular complexity index is 1350. The molecule has 0 aliphatic heterocycles. The van der Waals surface area contributed by atoms with Gasteiger partial charge >= 0.3 is 12.4 Å². The van der Waals surface area contributed by atoms with Crippen LogP contribution in [-0.2, 0) is 12.4 Å². The number of halogens is 6. The van der Waals surface area contributed by atoms with Crippen LogP contribution in [0.1, 0.15) is 35.5 Å². The molecule has 0 amide bonds. The first-order chi connectivity index (χ1) is 15.5. The molecule has 0 unspecified atom stereocenters. The second-order valence-corrected chi connectivity index (χ2v) is 7.61. The van der Waals surface area contributed by atoms with Gasteiger partial charge in [-0.3, -0.25) is 0 Å². The van der Waals surface area contributed by atoms with Crippen LogP contribution < -0.4 is 5.32 Å². The van der Waals surface area contributed by atoms with Gasteiger partial charge in [-0.05, 0) is 42.7 Å². The topological polar surface area (TPSA) is 92.3 Å². The lowest BCUT2D eigenvalue weighted by Crippen LogP contribution is -2.14. The Kier molecular flexibility index (Phi) is 5.44. The molecule has 1 atom stereocenters. The van der Waals surface area contributed by atoms with Crippen molar-refractivity contribution in [1.82, 2.24) is 24.1 Å². The van der Waals surface area contributed by atoms with Crippen LogP contribution in [0.4, 0.5) is 31.3 Å². The van der Waals surface area contributed by atoms with Crippen LogP contribution in [-0.4, -0.2) is 24.1 Å². The van der Waals surface area contributed by atoms with Crippen molar-refractivity contribution in [3.05, 3.63) is 59.3 Å². The third-order valence-corrected chi connectivity index (χ3v) is 5.41. The Morgan fingerprint density at radius 3 is 2.45 bits per heavy atom. The van der Waals surface area contributed by atoms with E-state index in [1.54, 1.807) is 6.92 Å². The van der Waals surface area contributed by atoms with Crippen LogP contribution in [0, 0.1) is 11.3 Å². The standard InChI is InChI=1S/C19H11F6N7S/c1-9(16-28-8-29-32(16)14-3-2-10(6-26)7-27-14)30-17-12-4-11(18(20,21)22)5-13(19(23,24)25)15(12)31-33-17/h2-5,7-9,30H,1H3/t9-/m0/s1. The number of aromatic nitrogens is 5. The van der Waals surface area contributed by atoms with Gasteiger partial charge in [0.05, 0.1) is 28.2 Å². The van der Waals surface area contributed by atoms with E-state index in [1.165, 1.54) is 29.3 Å². The smallest absolute Gasteiger partial charge is 0.365 e. The van der Waals surface area contributed by atoms with Crippen molar-refractivity contribution in [1.29, 1.82) is 5.26 Å². The van der Waals surface area contributed by atoms with Crippen molar-refractivity contribution in [2.75, 3.05) is 5.32 Å². The Balaban J connectivity index is 1.73. The maximum absolute atomic E-state index is 13.4. The van der Waals surface area contributed by atoms with Crippen molar-refractivity contribution in [2.24, 2.45) is 0 Å². The molecule has 14 heteroatoms. The average Bonchev–Trinajstić information content (AvgIpc) is 3.39. The highest BCUT2D eigenvalue weighted by atomic mass is 32.1. The minimum Gasteiger partial charge on any atom is -0.365 e. The second-order valence-electron chi connectivity index (χ2n) is 6.84. The molecular formula is C19H11F6N7S.